The predicted molar refractivity (Wildman–Crippen MR) is 78.1 cm³/mol. The highest BCUT2D eigenvalue weighted by atomic mass is 16.5. The van der Waals surface area contributed by atoms with E-state index in [0.29, 0.717) is 16.7 Å². The second kappa shape index (κ2) is 4.94. The average molecular weight is 283 g/mol. The standard InChI is InChI=1S/C14H14BN3O3/c1-14(2)11-4-3-10(7-12(11)15(20)21-14)18-13(19)9-5-6-16-17-8-9/h3-8,20H,1-2H3,(H,18,19). The third-order valence-electron chi connectivity index (χ3n) is 3.48. The summed E-state index contributed by atoms with van der Waals surface area (Å²) in [7, 11) is -0.977. The number of hydrogen-bond donors (Lipinski definition) is 2. The monoisotopic (exact) mass is 283 g/mol. The molecule has 0 fully saturated rings. The molecule has 1 aliphatic heterocycles. The molecule has 2 N–H and O–H groups in total. The van der Waals surface area contributed by atoms with E-state index in [-0.39, 0.29) is 5.91 Å². The first-order valence-corrected chi connectivity index (χ1v) is 6.56. The number of nitrogens with zero attached hydrogens (tertiary/aromatic N) is 2. The number of rotatable bonds is 2. The Kier molecular flexibility index (Phi) is 3.23. The third-order valence-corrected chi connectivity index (χ3v) is 3.48. The highest BCUT2D eigenvalue weighted by Crippen LogP contribution is 2.30. The van der Waals surface area contributed by atoms with Crippen LogP contribution in [0.4, 0.5) is 5.69 Å². The molecule has 7 heteroatoms. The van der Waals surface area contributed by atoms with Crippen LogP contribution in [0.2, 0.25) is 0 Å². The lowest BCUT2D eigenvalue weighted by Gasteiger charge is -2.19. The Balaban J connectivity index is 1.86. The summed E-state index contributed by atoms with van der Waals surface area (Å²) in [4.78, 5) is 12.1. The molecule has 1 aromatic carbocycles. The molecule has 3 rings (SSSR count). The maximum Gasteiger partial charge on any atom is 0.492 e. The average Bonchev–Trinajstić information content (AvgIpc) is 2.69. The van der Waals surface area contributed by atoms with Gasteiger partial charge in [0.15, 0.2) is 0 Å². The van der Waals surface area contributed by atoms with Gasteiger partial charge in [0, 0.05) is 5.69 Å². The molecule has 0 atom stereocenters. The van der Waals surface area contributed by atoms with Crippen LogP contribution in [0.15, 0.2) is 36.7 Å². The number of aromatic nitrogens is 2. The zero-order valence-electron chi connectivity index (χ0n) is 11.7. The van der Waals surface area contributed by atoms with Crippen molar-refractivity contribution in [3.63, 3.8) is 0 Å². The highest BCUT2D eigenvalue weighted by Gasteiger charge is 2.40. The van der Waals surface area contributed by atoms with Crippen molar-refractivity contribution in [1.29, 1.82) is 0 Å². The summed E-state index contributed by atoms with van der Waals surface area (Å²) in [5, 5.41) is 20.0. The molecule has 0 saturated heterocycles. The van der Waals surface area contributed by atoms with Crippen molar-refractivity contribution in [2.45, 2.75) is 19.4 Å². The lowest BCUT2D eigenvalue weighted by molar-refractivity contribution is 0.100. The number of hydrogen-bond acceptors (Lipinski definition) is 5. The van der Waals surface area contributed by atoms with Gasteiger partial charge in [0.25, 0.3) is 5.91 Å². The number of amides is 1. The number of anilines is 1. The molecule has 2 heterocycles. The minimum absolute atomic E-state index is 0.280. The van der Waals surface area contributed by atoms with Crippen LogP contribution in [0.25, 0.3) is 0 Å². The minimum atomic E-state index is -0.977. The van der Waals surface area contributed by atoms with Crippen LogP contribution in [-0.4, -0.2) is 28.2 Å². The molecule has 1 amide bonds. The Morgan fingerprint density at radius 1 is 1.33 bits per heavy atom. The Morgan fingerprint density at radius 2 is 2.14 bits per heavy atom. The third kappa shape index (κ3) is 2.53. The molecule has 0 saturated carbocycles. The lowest BCUT2D eigenvalue weighted by Crippen LogP contribution is -2.29. The number of benzene rings is 1. The van der Waals surface area contributed by atoms with Gasteiger partial charge in [0.1, 0.15) is 0 Å². The normalized spacial score (nSPS) is 15.7. The Morgan fingerprint density at radius 3 is 2.86 bits per heavy atom. The number of carbonyl (C=O) groups is 1. The molecule has 1 aromatic heterocycles. The molecule has 0 spiro atoms. The topological polar surface area (TPSA) is 84.3 Å². The van der Waals surface area contributed by atoms with Gasteiger partial charge in [-0.3, -0.25) is 4.79 Å². The van der Waals surface area contributed by atoms with Crippen molar-refractivity contribution < 1.29 is 14.5 Å². The first-order valence-electron chi connectivity index (χ1n) is 6.56. The van der Waals surface area contributed by atoms with Crippen molar-refractivity contribution in [3.05, 3.63) is 47.8 Å². The van der Waals surface area contributed by atoms with Gasteiger partial charge in [-0.1, -0.05) is 6.07 Å². The van der Waals surface area contributed by atoms with Crippen molar-refractivity contribution >= 4 is 24.2 Å². The van der Waals surface area contributed by atoms with Crippen molar-refractivity contribution in [3.8, 4) is 0 Å². The summed E-state index contributed by atoms with van der Waals surface area (Å²) in [6.07, 6.45) is 2.85. The van der Waals surface area contributed by atoms with E-state index in [9.17, 15) is 9.82 Å². The van der Waals surface area contributed by atoms with Crippen molar-refractivity contribution in [1.82, 2.24) is 10.2 Å². The first-order chi connectivity index (χ1) is 9.97. The summed E-state index contributed by atoms with van der Waals surface area (Å²) < 4.78 is 5.49. The van der Waals surface area contributed by atoms with Crippen LogP contribution >= 0.6 is 0 Å². The van der Waals surface area contributed by atoms with Gasteiger partial charge in [-0.25, -0.2) is 0 Å². The lowest BCUT2D eigenvalue weighted by atomic mass is 9.78. The molecular weight excluding hydrogens is 269 g/mol. The minimum Gasteiger partial charge on any atom is -0.423 e. The summed E-state index contributed by atoms with van der Waals surface area (Å²) in [5.74, 6) is -0.280. The Bertz CT molecular complexity index is 691. The fourth-order valence-electron chi connectivity index (χ4n) is 2.43. The molecule has 6 nitrogen and oxygen atoms in total. The number of carbonyl (C=O) groups excluding carboxylic acids is 1. The van der Waals surface area contributed by atoms with Gasteiger partial charge < -0.3 is 15.0 Å². The van der Waals surface area contributed by atoms with Crippen molar-refractivity contribution in [2.24, 2.45) is 0 Å². The molecule has 0 bridgehead atoms. The van der Waals surface area contributed by atoms with Gasteiger partial charge in [-0.05, 0) is 43.1 Å². The van der Waals surface area contributed by atoms with Crippen LogP contribution in [0.1, 0.15) is 29.8 Å². The van der Waals surface area contributed by atoms with E-state index in [2.05, 4.69) is 15.5 Å². The summed E-state index contributed by atoms with van der Waals surface area (Å²) in [6.45, 7) is 3.78. The van der Waals surface area contributed by atoms with E-state index in [1.54, 1.807) is 18.2 Å². The zero-order chi connectivity index (χ0) is 15.0. The zero-order valence-corrected chi connectivity index (χ0v) is 11.7. The maximum absolute atomic E-state index is 12.1. The molecule has 106 valence electrons. The van der Waals surface area contributed by atoms with E-state index in [4.69, 9.17) is 4.65 Å². The molecule has 1 aliphatic rings. The van der Waals surface area contributed by atoms with Gasteiger partial charge in [0.05, 0.1) is 23.6 Å². The Hall–Kier alpha value is -2.25. The van der Waals surface area contributed by atoms with E-state index < -0.39 is 12.7 Å². The smallest absolute Gasteiger partial charge is 0.423 e. The van der Waals surface area contributed by atoms with E-state index in [1.807, 2.05) is 19.9 Å². The van der Waals surface area contributed by atoms with Crippen molar-refractivity contribution in [2.75, 3.05) is 5.32 Å². The van der Waals surface area contributed by atoms with Gasteiger partial charge in [-0.15, -0.1) is 0 Å². The predicted octanol–water partition coefficient (Wildman–Crippen LogP) is 0.682. The second-order valence-corrected chi connectivity index (χ2v) is 5.37. The van der Waals surface area contributed by atoms with Crippen LogP contribution in [0.5, 0.6) is 0 Å². The van der Waals surface area contributed by atoms with E-state index in [1.165, 1.54) is 12.4 Å². The molecule has 2 aromatic rings. The number of fused-ring (bicyclic) bond motifs is 1. The molecule has 0 unspecified atom stereocenters. The van der Waals surface area contributed by atoms with Gasteiger partial charge in [-0.2, -0.15) is 10.2 Å². The first kappa shape index (κ1) is 13.7. The summed E-state index contributed by atoms with van der Waals surface area (Å²) >= 11 is 0. The number of nitrogens with one attached hydrogen (secondary N) is 1. The van der Waals surface area contributed by atoms with Gasteiger partial charge in [0.2, 0.25) is 0 Å². The second-order valence-electron chi connectivity index (χ2n) is 5.37. The Labute approximate surface area is 122 Å². The molecular formula is C14H14BN3O3. The molecule has 0 aliphatic carbocycles. The largest absolute Gasteiger partial charge is 0.492 e. The maximum atomic E-state index is 12.1. The van der Waals surface area contributed by atoms with Crippen LogP contribution in [0.3, 0.4) is 0 Å². The molecule has 0 radical (unpaired) electrons. The van der Waals surface area contributed by atoms with Crippen LogP contribution in [0, 0.1) is 0 Å². The quantitative estimate of drug-likeness (QED) is 0.792. The van der Waals surface area contributed by atoms with E-state index in [0.717, 1.165) is 5.56 Å². The van der Waals surface area contributed by atoms with Gasteiger partial charge >= 0.3 is 7.12 Å². The summed E-state index contributed by atoms with van der Waals surface area (Å²) in [6, 6.07) is 6.94. The van der Waals surface area contributed by atoms with E-state index >= 15 is 0 Å². The fourth-order valence-corrected chi connectivity index (χ4v) is 2.43. The van der Waals surface area contributed by atoms with Crippen LogP contribution in [-0.2, 0) is 10.3 Å². The van der Waals surface area contributed by atoms with Crippen LogP contribution < -0.4 is 10.8 Å². The summed E-state index contributed by atoms with van der Waals surface area (Å²) in [5.41, 5.74) is 2.06. The SMILES string of the molecule is CC1(C)OB(O)c2cc(NC(=O)c3ccnnc3)ccc21. The molecule has 21 heavy (non-hydrogen) atoms. The highest BCUT2D eigenvalue weighted by molar-refractivity contribution is 6.62. The fraction of sp³-hybridized carbons (Fsp3) is 0.214.